The molecule has 1 aliphatic rings. The maximum absolute atomic E-state index is 13.1. The molecule has 286 valence electrons. The summed E-state index contributed by atoms with van der Waals surface area (Å²) in [5, 5.41) is 25.2. The van der Waals surface area contributed by atoms with Crippen molar-refractivity contribution in [2.24, 2.45) is 11.7 Å². The number of hydrogen-bond acceptors (Lipinski definition) is 10. The van der Waals surface area contributed by atoms with Crippen LogP contribution in [0.2, 0.25) is 0 Å². The van der Waals surface area contributed by atoms with E-state index in [1.54, 1.807) is 44.2 Å². The number of likely N-dealkylation sites (tertiary alicyclic amines) is 1. The highest BCUT2D eigenvalue weighted by Gasteiger charge is 2.37. The number of nitrogens with two attached hydrogens (primary N) is 1. The van der Waals surface area contributed by atoms with Gasteiger partial charge in [-0.3, -0.25) is 43.2 Å². The van der Waals surface area contributed by atoms with E-state index in [1.807, 2.05) is 0 Å². The van der Waals surface area contributed by atoms with Gasteiger partial charge in [0.1, 0.15) is 30.7 Å². The minimum absolute atomic E-state index is 0.0483. The predicted octanol–water partition coefficient (Wildman–Crippen LogP) is -3.75. The fraction of sp³-hybridized carbons (Fsp3) is 0.545. The lowest BCUT2D eigenvalue weighted by Gasteiger charge is -2.28. The van der Waals surface area contributed by atoms with Crippen LogP contribution < -0.4 is 43.0 Å². The molecule has 8 amide bonds. The van der Waals surface area contributed by atoms with Crippen molar-refractivity contribution in [3.05, 3.63) is 35.9 Å². The molecule has 1 aliphatic heterocycles. The fourth-order valence-electron chi connectivity index (χ4n) is 5.01. The van der Waals surface area contributed by atoms with E-state index in [1.165, 1.54) is 18.7 Å². The third-order valence-electron chi connectivity index (χ3n) is 8.00. The summed E-state index contributed by atoms with van der Waals surface area (Å²) >= 11 is 0. The minimum atomic E-state index is -1.26. The van der Waals surface area contributed by atoms with Crippen molar-refractivity contribution in [2.45, 2.75) is 77.2 Å². The average Bonchev–Trinajstić information content (AvgIpc) is 3.60. The topological polar surface area (TPSA) is 287 Å². The van der Waals surface area contributed by atoms with Crippen LogP contribution in [0.25, 0.3) is 0 Å². The summed E-state index contributed by atoms with van der Waals surface area (Å²) in [6.07, 6.45) is 1.07. The fourth-order valence-corrected chi connectivity index (χ4v) is 5.01. The number of aliphatic carboxylic acids is 1. The zero-order valence-corrected chi connectivity index (χ0v) is 29.7. The first kappa shape index (κ1) is 42.6. The second-order valence-electron chi connectivity index (χ2n) is 12.6. The maximum Gasteiger partial charge on any atom is 0.322 e. The maximum atomic E-state index is 13.1. The molecule has 1 fully saturated rings. The second-order valence-corrected chi connectivity index (χ2v) is 12.6. The first-order valence-electron chi connectivity index (χ1n) is 16.8. The van der Waals surface area contributed by atoms with Gasteiger partial charge in [-0.15, -0.1) is 0 Å². The molecule has 5 atom stereocenters. The highest BCUT2D eigenvalue weighted by molar-refractivity contribution is 5.96. The average molecular weight is 732 g/mol. The van der Waals surface area contributed by atoms with Gasteiger partial charge in [-0.25, -0.2) is 0 Å². The molecule has 0 radical (unpaired) electrons. The Kier molecular flexibility index (Phi) is 17.1. The number of carbonyl (C=O) groups excluding carboxylic acids is 8. The third-order valence-corrected chi connectivity index (χ3v) is 8.00. The highest BCUT2D eigenvalue weighted by Crippen LogP contribution is 2.19. The predicted molar refractivity (Wildman–Crippen MR) is 185 cm³/mol. The van der Waals surface area contributed by atoms with Crippen LogP contribution >= 0.6 is 0 Å². The van der Waals surface area contributed by atoms with Gasteiger partial charge in [-0.2, -0.15) is 0 Å². The number of carboxylic acids is 1. The Morgan fingerprint density at radius 1 is 0.731 bits per heavy atom. The number of rotatable bonds is 19. The Balaban J connectivity index is 1.88. The lowest BCUT2D eigenvalue weighted by atomic mass is 10.0. The zero-order valence-electron chi connectivity index (χ0n) is 29.7. The van der Waals surface area contributed by atoms with Crippen molar-refractivity contribution in [2.75, 3.05) is 32.7 Å². The zero-order chi connectivity index (χ0) is 39.0. The van der Waals surface area contributed by atoms with E-state index < -0.39 is 104 Å². The van der Waals surface area contributed by atoms with Gasteiger partial charge in [-0.1, -0.05) is 44.2 Å². The van der Waals surface area contributed by atoms with Gasteiger partial charge in [0.2, 0.25) is 47.3 Å². The Morgan fingerprint density at radius 2 is 1.23 bits per heavy atom. The molecule has 0 unspecified atom stereocenters. The Labute approximate surface area is 300 Å². The summed E-state index contributed by atoms with van der Waals surface area (Å²) in [5.41, 5.74) is 6.70. The van der Waals surface area contributed by atoms with Gasteiger partial charge in [-0.05, 0) is 38.2 Å². The monoisotopic (exact) mass is 731 g/mol. The summed E-state index contributed by atoms with van der Waals surface area (Å²) < 4.78 is 0. The summed E-state index contributed by atoms with van der Waals surface area (Å²) in [4.78, 5) is 113. The van der Waals surface area contributed by atoms with E-state index in [2.05, 4.69) is 37.2 Å². The van der Waals surface area contributed by atoms with Crippen LogP contribution in [0.5, 0.6) is 0 Å². The van der Waals surface area contributed by atoms with Crippen LogP contribution in [0.4, 0.5) is 0 Å². The quantitative estimate of drug-likeness (QED) is 0.0666. The summed E-state index contributed by atoms with van der Waals surface area (Å²) in [7, 11) is 0. The van der Waals surface area contributed by atoms with Crippen molar-refractivity contribution >= 4 is 53.2 Å². The van der Waals surface area contributed by atoms with Gasteiger partial charge in [0.05, 0.1) is 25.7 Å². The normalized spacial score (nSPS) is 16.0. The number of carboxylic acid groups (broad SMARTS) is 1. The molecule has 0 saturated carbocycles. The second kappa shape index (κ2) is 20.9. The van der Waals surface area contributed by atoms with Gasteiger partial charge in [0.25, 0.3) is 0 Å². The van der Waals surface area contributed by atoms with Crippen molar-refractivity contribution < 1.29 is 48.3 Å². The molecule has 0 aliphatic carbocycles. The number of nitrogens with zero attached hydrogens (tertiary/aromatic N) is 1. The molecule has 1 saturated heterocycles. The molecule has 1 aromatic rings. The smallest absolute Gasteiger partial charge is 0.322 e. The third kappa shape index (κ3) is 14.3. The lowest BCUT2D eigenvalue weighted by Crippen LogP contribution is -2.55. The van der Waals surface area contributed by atoms with Crippen LogP contribution in [0.15, 0.2) is 30.3 Å². The molecule has 2 rings (SSSR count). The van der Waals surface area contributed by atoms with Gasteiger partial charge in [0, 0.05) is 13.0 Å². The van der Waals surface area contributed by atoms with Crippen molar-refractivity contribution in [1.82, 2.24) is 42.1 Å². The van der Waals surface area contributed by atoms with E-state index in [0.717, 1.165) is 0 Å². The van der Waals surface area contributed by atoms with Crippen molar-refractivity contribution in [1.29, 1.82) is 0 Å². The molecular formula is C33H49N9O10. The Morgan fingerprint density at radius 3 is 1.77 bits per heavy atom. The molecule has 0 aromatic heterocycles. The first-order valence-corrected chi connectivity index (χ1v) is 16.8. The summed E-state index contributed by atoms with van der Waals surface area (Å²) in [5.74, 6) is -6.64. The SMILES string of the molecule is CC(C)[C@H](N)C(=O)N1CCC[C@H]1C(=O)NCC(=O)N[C@@H](Cc1ccccc1)C(=O)NCC(=O)N[C@@H](C)C(=O)NCC(=O)N[C@@H](C)C(=O)NCC(=O)O. The van der Waals surface area contributed by atoms with E-state index in [9.17, 15) is 43.2 Å². The lowest BCUT2D eigenvalue weighted by molar-refractivity contribution is -0.140. The van der Waals surface area contributed by atoms with Crippen molar-refractivity contribution in [3.63, 3.8) is 0 Å². The van der Waals surface area contributed by atoms with E-state index in [4.69, 9.17) is 10.8 Å². The standard InChI is InChI=1S/C33H49N9O10/c1-18(2)28(34)33(52)42-12-8-11-23(42)32(51)37-16-26(45)41-22(13-21-9-6-5-7-10-21)31(50)36-15-25(44)39-19(3)29(48)35-14-24(43)40-20(4)30(49)38-17-27(46)47/h5-7,9-10,18-20,22-23,28H,8,11-17,34H2,1-4H3,(H,35,48)(H,36,50)(H,37,51)(H,38,49)(H,39,44)(H,40,43)(H,41,45)(H,46,47)/t19-,20-,22-,23-,28-/m0/s1. The van der Waals surface area contributed by atoms with E-state index >= 15 is 0 Å². The largest absolute Gasteiger partial charge is 0.480 e. The molecule has 19 heteroatoms. The number of hydrogen-bond donors (Lipinski definition) is 9. The Bertz CT molecular complexity index is 1470. The highest BCUT2D eigenvalue weighted by atomic mass is 16.4. The van der Waals surface area contributed by atoms with Crippen LogP contribution in [0, 0.1) is 5.92 Å². The number of amides is 8. The molecule has 10 N–H and O–H groups in total. The summed E-state index contributed by atoms with van der Waals surface area (Å²) in [6.45, 7) is 4.42. The van der Waals surface area contributed by atoms with Crippen molar-refractivity contribution in [3.8, 4) is 0 Å². The van der Waals surface area contributed by atoms with E-state index in [-0.39, 0.29) is 18.2 Å². The van der Waals surface area contributed by atoms with Gasteiger partial charge < -0.3 is 53.0 Å². The van der Waals surface area contributed by atoms with Gasteiger partial charge in [0.15, 0.2) is 0 Å². The molecular weight excluding hydrogens is 682 g/mol. The molecule has 52 heavy (non-hydrogen) atoms. The van der Waals surface area contributed by atoms with Gasteiger partial charge >= 0.3 is 5.97 Å². The van der Waals surface area contributed by atoms with Crippen LogP contribution in [-0.4, -0.2) is 126 Å². The first-order chi connectivity index (χ1) is 24.5. The van der Waals surface area contributed by atoms with Crippen LogP contribution in [-0.2, 0) is 49.6 Å². The van der Waals surface area contributed by atoms with E-state index in [0.29, 0.717) is 24.9 Å². The number of benzene rings is 1. The molecule has 0 bridgehead atoms. The molecule has 1 heterocycles. The molecule has 19 nitrogen and oxygen atoms in total. The van der Waals surface area contributed by atoms with Crippen LogP contribution in [0.3, 0.4) is 0 Å². The molecule has 0 spiro atoms. The summed E-state index contributed by atoms with van der Waals surface area (Å²) in [6, 6.07) is 3.84. The number of carbonyl (C=O) groups is 9. The minimum Gasteiger partial charge on any atom is -0.480 e. The van der Waals surface area contributed by atoms with Crippen LogP contribution in [0.1, 0.15) is 46.1 Å². The number of nitrogens with one attached hydrogen (secondary N) is 7. The molecule has 1 aromatic carbocycles. The Hall–Kier alpha value is -5.59.